The van der Waals surface area contributed by atoms with Gasteiger partial charge in [0.1, 0.15) is 0 Å². The molecule has 6 nitrogen and oxygen atoms in total. The molecule has 3 aromatic rings. The third-order valence-corrected chi connectivity index (χ3v) is 2.81. The van der Waals surface area contributed by atoms with Crippen LogP contribution in [0.2, 0.25) is 0 Å². The van der Waals surface area contributed by atoms with Crippen molar-refractivity contribution in [1.82, 2.24) is 15.1 Å². The summed E-state index contributed by atoms with van der Waals surface area (Å²) in [5.41, 5.74) is 1.21. The molecule has 0 aliphatic carbocycles. The summed E-state index contributed by atoms with van der Waals surface area (Å²) < 4.78 is 5.09. The van der Waals surface area contributed by atoms with E-state index in [1.807, 2.05) is 6.07 Å². The van der Waals surface area contributed by atoms with E-state index in [1.165, 1.54) is 6.07 Å². The molecule has 0 amide bonds. The fourth-order valence-electron chi connectivity index (χ4n) is 1.76. The summed E-state index contributed by atoms with van der Waals surface area (Å²) in [6.07, 6.45) is 6.44. The molecule has 0 bridgehead atoms. The highest BCUT2D eigenvalue weighted by Crippen LogP contribution is 2.29. The van der Waals surface area contributed by atoms with Crippen molar-refractivity contribution in [3.8, 4) is 22.9 Å². The van der Waals surface area contributed by atoms with Gasteiger partial charge in [0.15, 0.2) is 11.5 Å². The Labute approximate surface area is 120 Å². The first-order chi connectivity index (χ1) is 10.2. The molecule has 104 valence electrons. The molecule has 0 spiro atoms. The monoisotopic (exact) mass is 281 g/mol. The normalized spacial score (nSPS) is 11.0. The molecule has 6 heteroatoms. The largest absolute Gasteiger partial charge is 0.504 e. The van der Waals surface area contributed by atoms with Crippen LogP contribution in [0.5, 0.6) is 11.5 Å². The standard InChI is InChI=1S/C15H11N3O3/c19-12-5-1-3-10(14(12)20)6-7-13-17-15(18-21-13)11-4-2-8-16-9-11/h1-9,19-20H. The highest BCUT2D eigenvalue weighted by molar-refractivity contribution is 5.71. The van der Waals surface area contributed by atoms with Gasteiger partial charge in [-0.2, -0.15) is 4.98 Å². The summed E-state index contributed by atoms with van der Waals surface area (Å²) in [5, 5.41) is 22.9. The molecule has 0 atom stereocenters. The lowest BCUT2D eigenvalue weighted by Gasteiger charge is -1.99. The van der Waals surface area contributed by atoms with E-state index in [2.05, 4.69) is 15.1 Å². The van der Waals surface area contributed by atoms with E-state index in [-0.39, 0.29) is 17.4 Å². The van der Waals surface area contributed by atoms with E-state index in [1.54, 1.807) is 42.7 Å². The number of pyridine rings is 1. The number of para-hydroxylation sites is 1. The van der Waals surface area contributed by atoms with Gasteiger partial charge < -0.3 is 14.7 Å². The second-order valence-electron chi connectivity index (χ2n) is 4.25. The van der Waals surface area contributed by atoms with Crippen molar-refractivity contribution >= 4 is 12.2 Å². The van der Waals surface area contributed by atoms with Crippen molar-refractivity contribution in [2.45, 2.75) is 0 Å². The van der Waals surface area contributed by atoms with Crippen molar-refractivity contribution < 1.29 is 14.7 Å². The first-order valence-corrected chi connectivity index (χ1v) is 6.17. The number of benzene rings is 1. The van der Waals surface area contributed by atoms with E-state index < -0.39 is 0 Å². The maximum absolute atomic E-state index is 9.68. The summed E-state index contributed by atoms with van der Waals surface area (Å²) >= 11 is 0. The minimum atomic E-state index is -0.194. The second-order valence-corrected chi connectivity index (χ2v) is 4.25. The van der Waals surface area contributed by atoms with Crippen LogP contribution in [-0.4, -0.2) is 25.3 Å². The van der Waals surface area contributed by atoms with Gasteiger partial charge in [-0.05, 0) is 24.3 Å². The molecular weight excluding hydrogens is 270 g/mol. The zero-order chi connectivity index (χ0) is 14.7. The maximum Gasteiger partial charge on any atom is 0.250 e. The van der Waals surface area contributed by atoms with Crippen LogP contribution >= 0.6 is 0 Å². The summed E-state index contributed by atoms with van der Waals surface area (Å²) in [6, 6.07) is 8.30. The quantitative estimate of drug-likeness (QED) is 0.717. The molecule has 2 heterocycles. The number of rotatable bonds is 3. The zero-order valence-corrected chi connectivity index (χ0v) is 10.8. The highest BCUT2D eigenvalue weighted by Gasteiger charge is 2.07. The Morgan fingerprint density at radius 1 is 1.05 bits per heavy atom. The Kier molecular flexibility index (Phi) is 3.34. The maximum atomic E-state index is 9.68. The van der Waals surface area contributed by atoms with Gasteiger partial charge in [0.2, 0.25) is 5.82 Å². The molecule has 2 aromatic heterocycles. The number of aromatic hydroxyl groups is 2. The minimum Gasteiger partial charge on any atom is -0.504 e. The third kappa shape index (κ3) is 2.74. The Balaban J connectivity index is 1.85. The second kappa shape index (κ2) is 5.46. The molecule has 0 saturated carbocycles. The van der Waals surface area contributed by atoms with Crippen molar-refractivity contribution in [2.24, 2.45) is 0 Å². The van der Waals surface area contributed by atoms with E-state index in [0.29, 0.717) is 11.4 Å². The molecule has 0 fully saturated rings. The fraction of sp³-hybridized carbons (Fsp3) is 0. The van der Waals surface area contributed by atoms with Gasteiger partial charge >= 0.3 is 0 Å². The summed E-state index contributed by atoms with van der Waals surface area (Å²) in [4.78, 5) is 8.18. The number of hydrogen-bond acceptors (Lipinski definition) is 6. The van der Waals surface area contributed by atoms with Gasteiger partial charge in [-0.1, -0.05) is 17.3 Å². The van der Waals surface area contributed by atoms with Crippen molar-refractivity contribution in [2.75, 3.05) is 0 Å². The van der Waals surface area contributed by atoms with Gasteiger partial charge in [0, 0.05) is 29.6 Å². The Morgan fingerprint density at radius 2 is 1.95 bits per heavy atom. The molecule has 0 radical (unpaired) electrons. The smallest absolute Gasteiger partial charge is 0.250 e. The zero-order valence-electron chi connectivity index (χ0n) is 10.8. The highest BCUT2D eigenvalue weighted by atomic mass is 16.5. The predicted octanol–water partition coefficient (Wildman–Crippen LogP) is 2.71. The Hall–Kier alpha value is -3.15. The average Bonchev–Trinajstić information content (AvgIpc) is 2.99. The summed E-state index contributed by atoms with van der Waals surface area (Å²) in [5.74, 6) is 0.346. The first-order valence-electron chi connectivity index (χ1n) is 6.17. The van der Waals surface area contributed by atoms with Crippen LogP contribution < -0.4 is 0 Å². The first kappa shape index (κ1) is 12.9. The summed E-state index contributed by atoms with van der Waals surface area (Å²) in [6.45, 7) is 0. The van der Waals surface area contributed by atoms with Crippen LogP contribution in [0.1, 0.15) is 11.5 Å². The minimum absolute atomic E-state index is 0.182. The van der Waals surface area contributed by atoms with Crippen molar-refractivity contribution in [3.05, 3.63) is 54.2 Å². The molecule has 0 aliphatic heterocycles. The van der Waals surface area contributed by atoms with E-state index in [9.17, 15) is 10.2 Å². The van der Waals surface area contributed by atoms with Gasteiger partial charge in [0.25, 0.3) is 5.89 Å². The van der Waals surface area contributed by atoms with Crippen molar-refractivity contribution in [3.63, 3.8) is 0 Å². The lowest BCUT2D eigenvalue weighted by atomic mass is 10.1. The van der Waals surface area contributed by atoms with Gasteiger partial charge in [-0.3, -0.25) is 4.98 Å². The molecule has 3 rings (SSSR count). The lowest BCUT2D eigenvalue weighted by molar-refractivity contribution is 0.403. The van der Waals surface area contributed by atoms with Gasteiger partial charge in [-0.15, -0.1) is 0 Å². The SMILES string of the molecule is Oc1cccc(C=Cc2nc(-c3cccnc3)no2)c1O. The molecule has 0 aliphatic rings. The molecule has 0 unspecified atom stereocenters. The van der Waals surface area contributed by atoms with Gasteiger partial charge in [0.05, 0.1) is 0 Å². The lowest BCUT2D eigenvalue weighted by Crippen LogP contribution is -1.81. The third-order valence-electron chi connectivity index (χ3n) is 2.81. The summed E-state index contributed by atoms with van der Waals surface area (Å²) in [7, 11) is 0. The number of hydrogen-bond donors (Lipinski definition) is 2. The van der Waals surface area contributed by atoms with Crippen LogP contribution in [0, 0.1) is 0 Å². The topological polar surface area (TPSA) is 92.3 Å². The van der Waals surface area contributed by atoms with E-state index in [4.69, 9.17) is 4.52 Å². The van der Waals surface area contributed by atoms with E-state index >= 15 is 0 Å². The average molecular weight is 281 g/mol. The number of nitrogens with zero attached hydrogens (tertiary/aromatic N) is 3. The molecule has 21 heavy (non-hydrogen) atoms. The van der Waals surface area contributed by atoms with Crippen LogP contribution in [0.4, 0.5) is 0 Å². The molecule has 2 N–H and O–H groups in total. The van der Waals surface area contributed by atoms with Crippen molar-refractivity contribution in [1.29, 1.82) is 0 Å². The van der Waals surface area contributed by atoms with E-state index in [0.717, 1.165) is 5.56 Å². The number of phenols is 2. The predicted molar refractivity (Wildman–Crippen MR) is 76.2 cm³/mol. The van der Waals surface area contributed by atoms with Crippen LogP contribution in [-0.2, 0) is 0 Å². The molecular formula is C15H11N3O3. The van der Waals surface area contributed by atoms with Gasteiger partial charge in [-0.25, -0.2) is 0 Å². The molecule has 1 aromatic carbocycles. The number of phenolic OH excluding ortho intramolecular Hbond substituents is 2. The van der Waals surface area contributed by atoms with Crippen LogP contribution in [0.3, 0.4) is 0 Å². The Morgan fingerprint density at radius 3 is 2.76 bits per heavy atom. The van der Waals surface area contributed by atoms with Crippen LogP contribution in [0.15, 0.2) is 47.2 Å². The Bertz CT molecular complexity index is 782. The van der Waals surface area contributed by atoms with Crippen LogP contribution in [0.25, 0.3) is 23.5 Å². The molecule has 0 saturated heterocycles. The fourth-order valence-corrected chi connectivity index (χ4v) is 1.76. The number of aromatic nitrogens is 3.